The molecule has 84 valence electrons. The van der Waals surface area contributed by atoms with Gasteiger partial charge in [-0.15, -0.1) is 12.3 Å². The van der Waals surface area contributed by atoms with Crippen LogP contribution in [0, 0.1) is 12.3 Å². The monoisotopic (exact) mass is 219 g/mol. The molecular weight excluding hydrogens is 206 g/mol. The van der Waals surface area contributed by atoms with Crippen LogP contribution in [0.3, 0.4) is 0 Å². The fourth-order valence-electron chi connectivity index (χ4n) is 1.18. The van der Waals surface area contributed by atoms with Crippen LogP contribution >= 0.6 is 0 Å². The molecule has 5 nitrogen and oxygen atoms in total. The number of nitrogens with zero attached hydrogens (tertiary/aromatic N) is 2. The van der Waals surface area contributed by atoms with Gasteiger partial charge in [0.25, 0.3) is 0 Å². The molecule has 1 rings (SSSR count). The molecular formula is C11H13N3O2. The smallest absolute Gasteiger partial charge is 0.358 e. The maximum atomic E-state index is 10.8. The summed E-state index contributed by atoms with van der Waals surface area (Å²) in [5, 5.41) is 11.8. The molecule has 0 spiro atoms. The van der Waals surface area contributed by atoms with Gasteiger partial charge in [-0.1, -0.05) is 0 Å². The molecule has 2 N–H and O–H groups in total. The summed E-state index contributed by atoms with van der Waals surface area (Å²) in [6.07, 6.45) is 10.4. The summed E-state index contributed by atoms with van der Waals surface area (Å²) in [6, 6.07) is 0. The number of aromatic carboxylic acids is 1. The third-order valence-electron chi connectivity index (χ3n) is 1.94. The Labute approximate surface area is 93.9 Å². The maximum absolute atomic E-state index is 10.8. The van der Waals surface area contributed by atoms with Crippen molar-refractivity contribution in [1.82, 2.24) is 9.97 Å². The first kappa shape index (κ1) is 12.0. The van der Waals surface area contributed by atoms with Gasteiger partial charge in [-0.3, -0.25) is 0 Å². The minimum Gasteiger partial charge on any atom is -0.476 e. The second-order valence-corrected chi connectivity index (χ2v) is 3.15. The molecule has 0 aliphatic carbocycles. The van der Waals surface area contributed by atoms with E-state index in [0.717, 1.165) is 19.3 Å². The lowest BCUT2D eigenvalue weighted by Gasteiger charge is -2.06. The fraction of sp³-hybridized carbons (Fsp3) is 0.364. The van der Waals surface area contributed by atoms with Crippen LogP contribution in [0.1, 0.15) is 29.8 Å². The molecule has 1 heterocycles. The summed E-state index contributed by atoms with van der Waals surface area (Å²) >= 11 is 0. The van der Waals surface area contributed by atoms with E-state index in [9.17, 15) is 4.79 Å². The van der Waals surface area contributed by atoms with Gasteiger partial charge in [-0.25, -0.2) is 14.8 Å². The predicted octanol–water partition coefficient (Wildman–Crippen LogP) is 1.39. The van der Waals surface area contributed by atoms with Crippen molar-refractivity contribution in [2.24, 2.45) is 0 Å². The molecule has 5 heteroatoms. The van der Waals surface area contributed by atoms with Gasteiger partial charge in [0.2, 0.25) is 0 Å². The maximum Gasteiger partial charge on any atom is 0.358 e. The highest BCUT2D eigenvalue weighted by Gasteiger charge is 2.11. The highest BCUT2D eigenvalue weighted by molar-refractivity contribution is 5.90. The first-order valence-corrected chi connectivity index (χ1v) is 4.97. The number of carbonyl (C=O) groups is 1. The number of terminal acetylenes is 1. The van der Waals surface area contributed by atoms with Crippen molar-refractivity contribution in [1.29, 1.82) is 0 Å². The van der Waals surface area contributed by atoms with E-state index >= 15 is 0 Å². The van der Waals surface area contributed by atoms with Crippen LogP contribution < -0.4 is 5.32 Å². The van der Waals surface area contributed by atoms with Crippen LogP contribution in [0.4, 0.5) is 5.82 Å². The van der Waals surface area contributed by atoms with Gasteiger partial charge in [0.1, 0.15) is 0 Å². The molecule has 0 atom stereocenters. The molecule has 16 heavy (non-hydrogen) atoms. The Bertz CT molecular complexity index is 398. The summed E-state index contributed by atoms with van der Waals surface area (Å²) in [5.74, 6) is 1.76. The molecule has 0 saturated carbocycles. The largest absolute Gasteiger partial charge is 0.476 e. The number of hydrogen-bond acceptors (Lipinski definition) is 4. The average molecular weight is 219 g/mol. The van der Waals surface area contributed by atoms with Crippen LogP contribution in [0.2, 0.25) is 0 Å². The standard InChI is InChI=1S/C11H13N3O2/c1-2-3-4-5-6-13-10-9(11(15)16)12-7-8-14-10/h1,7-8H,3-6H2,(H,13,14)(H,15,16). The van der Waals surface area contributed by atoms with Crippen molar-refractivity contribution in [3.63, 3.8) is 0 Å². The third-order valence-corrected chi connectivity index (χ3v) is 1.94. The van der Waals surface area contributed by atoms with Crippen LogP contribution in [-0.4, -0.2) is 27.6 Å². The Hall–Kier alpha value is -2.09. The number of carboxylic acids is 1. The third kappa shape index (κ3) is 3.58. The molecule has 0 radical (unpaired) electrons. The lowest BCUT2D eigenvalue weighted by molar-refractivity contribution is 0.0691. The van der Waals surface area contributed by atoms with Crippen LogP contribution in [0.25, 0.3) is 0 Å². The highest BCUT2D eigenvalue weighted by Crippen LogP contribution is 2.08. The molecule has 0 saturated heterocycles. The zero-order valence-electron chi connectivity index (χ0n) is 8.81. The lowest BCUT2D eigenvalue weighted by Crippen LogP contribution is -2.11. The minimum absolute atomic E-state index is 0.0561. The Morgan fingerprint density at radius 2 is 2.19 bits per heavy atom. The van der Waals surface area contributed by atoms with E-state index in [1.54, 1.807) is 0 Å². The van der Waals surface area contributed by atoms with Gasteiger partial charge >= 0.3 is 5.97 Å². The van der Waals surface area contributed by atoms with E-state index in [4.69, 9.17) is 11.5 Å². The van der Waals surface area contributed by atoms with Crippen LogP contribution in [-0.2, 0) is 0 Å². The van der Waals surface area contributed by atoms with Gasteiger partial charge in [-0.2, -0.15) is 0 Å². The van der Waals surface area contributed by atoms with E-state index in [1.807, 2.05) is 0 Å². The lowest BCUT2D eigenvalue weighted by atomic mass is 10.2. The van der Waals surface area contributed by atoms with Gasteiger partial charge in [0.05, 0.1) is 0 Å². The van der Waals surface area contributed by atoms with Crippen molar-refractivity contribution in [3.05, 3.63) is 18.1 Å². The summed E-state index contributed by atoms with van der Waals surface area (Å²) in [5.41, 5.74) is -0.0561. The minimum atomic E-state index is -1.08. The first-order valence-electron chi connectivity index (χ1n) is 4.97. The van der Waals surface area contributed by atoms with E-state index in [2.05, 4.69) is 21.2 Å². The number of hydrogen-bond donors (Lipinski definition) is 2. The molecule has 0 bridgehead atoms. The van der Waals surface area contributed by atoms with Crippen LogP contribution in [0.5, 0.6) is 0 Å². The normalized spacial score (nSPS) is 9.44. The number of anilines is 1. The number of unbranched alkanes of at least 4 members (excludes halogenated alkanes) is 2. The van der Waals surface area contributed by atoms with E-state index in [-0.39, 0.29) is 5.69 Å². The molecule has 0 amide bonds. The second-order valence-electron chi connectivity index (χ2n) is 3.15. The summed E-state index contributed by atoms with van der Waals surface area (Å²) < 4.78 is 0. The Balaban J connectivity index is 2.47. The zero-order chi connectivity index (χ0) is 11.8. The average Bonchev–Trinajstić information content (AvgIpc) is 2.29. The van der Waals surface area contributed by atoms with E-state index < -0.39 is 5.97 Å². The van der Waals surface area contributed by atoms with E-state index in [1.165, 1.54) is 12.4 Å². The van der Waals surface area contributed by atoms with Gasteiger partial charge in [-0.05, 0) is 12.8 Å². The predicted molar refractivity (Wildman–Crippen MR) is 60.2 cm³/mol. The SMILES string of the molecule is C#CCCCCNc1nccnc1C(=O)O. The number of rotatable bonds is 6. The summed E-state index contributed by atoms with van der Waals surface area (Å²) in [4.78, 5) is 18.4. The molecule has 0 aromatic carbocycles. The van der Waals surface area contributed by atoms with Gasteiger partial charge in [0, 0.05) is 25.4 Å². The molecule has 0 unspecified atom stereocenters. The van der Waals surface area contributed by atoms with Gasteiger partial charge in [0.15, 0.2) is 11.5 Å². The molecule has 0 aliphatic rings. The van der Waals surface area contributed by atoms with Gasteiger partial charge < -0.3 is 10.4 Å². The number of carboxylic acid groups (broad SMARTS) is 1. The van der Waals surface area contributed by atoms with Crippen LogP contribution in [0.15, 0.2) is 12.4 Å². The summed E-state index contributed by atoms with van der Waals surface area (Å²) in [7, 11) is 0. The first-order chi connectivity index (χ1) is 7.75. The van der Waals surface area contributed by atoms with E-state index in [0.29, 0.717) is 12.4 Å². The zero-order valence-corrected chi connectivity index (χ0v) is 8.81. The van der Waals surface area contributed by atoms with Crippen molar-refractivity contribution in [2.75, 3.05) is 11.9 Å². The number of nitrogens with one attached hydrogen (secondary N) is 1. The quantitative estimate of drug-likeness (QED) is 0.558. The molecule has 1 aromatic heterocycles. The van der Waals surface area contributed by atoms with Crippen molar-refractivity contribution in [3.8, 4) is 12.3 Å². The Morgan fingerprint density at radius 1 is 1.44 bits per heavy atom. The Morgan fingerprint density at radius 3 is 2.88 bits per heavy atom. The molecule has 1 aromatic rings. The summed E-state index contributed by atoms with van der Waals surface area (Å²) in [6.45, 7) is 0.640. The van der Waals surface area contributed by atoms with Crippen molar-refractivity contribution < 1.29 is 9.90 Å². The topological polar surface area (TPSA) is 75.1 Å². The fourth-order valence-corrected chi connectivity index (χ4v) is 1.18. The Kier molecular flexibility index (Phi) is 4.80. The number of aromatic nitrogens is 2. The second kappa shape index (κ2) is 6.40. The van der Waals surface area contributed by atoms with Crippen molar-refractivity contribution >= 4 is 11.8 Å². The molecule has 0 aliphatic heterocycles. The van der Waals surface area contributed by atoms with Crippen molar-refractivity contribution in [2.45, 2.75) is 19.3 Å². The molecule has 0 fully saturated rings. The highest BCUT2D eigenvalue weighted by atomic mass is 16.4.